The van der Waals surface area contributed by atoms with Crippen LogP contribution in [0.3, 0.4) is 0 Å². The molecule has 0 atom stereocenters. The number of furan rings is 1. The lowest BCUT2D eigenvalue weighted by Crippen LogP contribution is -2.11. The maximum atomic E-state index is 8.02. The van der Waals surface area contributed by atoms with Crippen LogP contribution in [-0.2, 0) is 5.41 Å². The third-order valence-corrected chi connectivity index (χ3v) is 4.90. The number of nitrogens with zero attached hydrogens (tertiary/aromatic N) is 2. The molecule has 0 saturated carbocycles. The summed E-state index contributed by atoms with van der Waals surface area (Å²) in [6.45, 7) is -10.1. The molecule has 0 aliphatic carbocycles. The summed E-state index contributed by atoms with van der Waals surface area (Å²) >= 11 is 0. The first-order valence-corrected chi connectivity index (χ1v) is 9.10. The molecule has 0 N–H and O–H groups in total. The zero-order chi connectivity index (χ0) is 27.5. The van der Waals surface area contributed by atoms with Gasteiger partial charge in [-0.3, -0.25) is 4.98 Å². The van der Waals surface area contributed by atoms with E-state index in [2.05, 4.69) is 9.97 Å². The Balaban J connectivity index is 1.72. The maximum Gasteiger partial charge on any atom is 0.227 e. The van der Waals surface area contributed by atoms with Crippen LogP contribution in [0.4, 0.5) is 0 Å². The fraction of sp³-hybridized carbons (Fsp3) is 0.154. The number of fused-ring (bicyclic) bond motifs is 3. The van der Waals surface area contributed by atoms with Gasteiger partial charge in [-0.05, 0) is 41.3 Å². The number of hydrogen-bond acceptors (Lipinski definition) is 3. The molecular weight excluding hydrogens is 356 g/mol. The Morgan fingerprint density at radius 3 is 2.52 bits per heavy atom. The van der Waals surface area contributed by atoms with E-state index in [0.29, 0.717) is 16.9 Å². The van der Waals surface area contributed by atoms with Gasteiger partial charge in [0.05, 0.1) is 11.4 Å². The number of benzene rings is 2. The fourth-order valence-corrected chi connectivity index (χ4v) is 3.46. The molecule has 0 spiro atoms. The SMILES string of the molecule is [2H]C([2H])([2H])C(c1ccnc(-c2cccc3c2oc2nc(-c4ccccc4)ccc23)c1)(C([2H])([2H])[2H])C([2H])([2H])[2H]. The molecule has 2 aromatic carbocycles. The average molecular weight is 388 g/mol. The second kappa shape index (κ2) is 6.56. The van der Waals surface area contributed by atoms with Crippen LogP contribution in [0.25, 0.3) is 44.6 Å². The van der Waals surface area contributed by atoms with Crippen molar-refractivity contribution in [3.63, 3.8) is 0 Å². The summed E-state index contributed by atoms with van der Waals surface area (Å²) in [6.07, 6.45) is 1.22. The van der Waals surface area contributed by atoms with E-state index < -0.39 is 26.0 Å². The fourth-order valence-electron chi connectivity index (χ4n) is 3.46. The van der Waals surface area contributed by atoms with Gasteiger partial charge in [0.15, 0.2) is 0 Å². The van der Waals surface area contributed by atoms with E-state index in [1.54, 1.807) is 12.1 Å². The predicted octanol–water partition coefficient (Wildman–Crippen LogP) is 7.01. The van der Waals surface area contributed by atoms with Crippen LogP contribution in [0.15, 0.2) is 83.4 Å². The van der Waals surface area contributed by atoms with Gasteiger partial charge in [-0.15, -0.1) is 0 Å². The van der Waals surface area contributed by atoms with Gasteiger partial charge in [0.1, 0.15) is 5.58 Å². The normalized spacial score (nSPS) is 17.9. The van der Waals surface area contributed by atoms with Crippen molar-refractivity contribution in [3.8, 4) is 22.5 Å². The molecule has 3 nitrogen and oxygen atoms in total. The van der Waals surface area contributed by atoms with Crippen molar-refractivity contribution >= 4 is 22.1 Å². The van der Waals surface area contributed by atoms with Crippen LogP contribution >= 0.6 is 0 Å². The predicted molar refractivity (Wildman–Crippen MR) is 119 cm³/mol. The molecule has 0 unspecified atom stereocenters. The zero-order valence-corrected chi connectivity index (χ0v) is 15.3. The number of aromatic nitrogens is 2. The zero-order valence-electron chi connectivity index (χ0n) is 24.3. The lowest BCUT2D eigenvalue weighted by molar-refractivity contribution is 0.589. The van der Waals surface area contributed by atoms with E-state index in [9.17, 15) is 0 Å². The minimum absolute atomic E-state index is 0.178. The monoisotopic (exact) mass is 387 g/mol. The highest BCUT2D eigenvalue weighted by atomic mass is 16.3. The van der Waals surface area contributed by atoms with Gasteiger partial charge in [-0.2, -0.15) is 0 Å². The Kier molecular flexibility index (Phi) is 2.34. The van der Waals surface area contributed by atoms with Crippen molar-refractivity contribution in [2.75, 3.05) is 0 Å². The summed E-state index contributed by atoms with van der Waals surface area (Å²) in [4.78, 5) is 8.98. The first kappa shape index (κ1) is 10.4. The molecule has 0 aliphatic heterocycles. The molecule has 5 rings (SSSR count). The molecule has 3 aromatic heterocycles. The third kappa shape index (κ3) is 3.09. The Labute approximate surface area is 182 Å². The van der Waals surface area contributed by atoms with Gasteiger partial charge >= 0.3 is 0 Å². The van der Waals surface area contributed by atoms with E-state index in [0.717, 1.165) is 28.1 Å². The molecule has 0 fully saturated rings. The Hall–Kier alpha value is -3.46. The molecule has 0 bridgehead atoms. The first-order valence-electron chi connectivity index (χ1n) is 13.6. The number of rotatable bonds is 2. The van der Waals surface area contributed by atoms with E-state index in [4.69, 9.17) is 16.8 Å². The van der Waals surface area contributed by atoms with Crippen molar-refractivity contribution in [1.82, 2.24) is 9.97 Å². The van der Waals surface area contributed by atoms with Gasteiger partial charge in [0.25, 0.3) is 0 Å². The van der Waals surface area contributed by atoms with Crippen LogP contribution in [0.1, 0.15) is 38.5 Å². The summed E-state index contributed by atoms with van der Waals surface area (Å²) in [5.41, 5.74) is -0.453. The molecule has 3 heteroatoms. The Bertz CT molecular complexity index is 1600. The van der Waals surface area contributed by atoms with Gasteiger partial charge in [-0.25, -0.2) is 4.98 Å². The Morgan fingerprint density at radius 1 is 0.828 bits per heavy atom. The lowest BCUT2D eigenvalue weighted by atomic mass is 9.87. The molecule has 0 amide bonds. The standard InChI is InChI=1S/C26H22N2O/c1-26(2,3)18-14-15-27-23(16-18)21-11-7-10-19-20-12-13-22(17-8-5-4-6-9-17)28-25(20)29-24(19)21/h4-16H,1-3H3/i1D3,2D3,3D3. The van der Waals surface area contributed by atoms with E-state index in [-0.39, 0.29) is 11.3 Å². The highest BCUT2D eigenvalue weighted by Crippen LogP contribution is 2.36. The molecule has 0 aliphatic rings. The minimum atomic E-state index is -3.37. The molecule has 3 heterocycles. The van der Waals surface area contributed by atoms with Crippen LogP contribution in [-0.4, -0.2) is 9.97 Å². The van der Waals surface area contributed by atoms with Crippen molar-refractivity contribution in [2.45, 2.75) is 26.0 Å². The van der Waals surface area contributed by atoms with Crippen molar-refractivity contribution in [3.05, 3.63) is 84.6 Å². The quantitative estimate of drug-likeness (QED) is 0.327. The van der Waals surface area contributed by atoms with Gasteiger partial charge in [-0.1, -0.05) is 63.0 Å². The smallest absolute Gasteiger partial charge is 0.227 e. The van der Waals surface area contributed by atoms with E-state index >= 15 is 0 Å². The summed E-state index contributed by atoms with van der Waals surface area (Å²) < 4.78 is 78.3. The number of para-hydroxylation sites is 1. The van der Waals surface area contributed by atoms with Crippen LogP contribution in [0, 0.1) is 0 Å². The maximum absolute atomic E-state index is 8.02. The van der Waals surface area contributed by atoms with Crippen LogP contribution in [0.5, 0.6) is 0 Å². The lowest BCUT2D eigenvalue weighted by Gasteiger charge is -2.19. The van der Waals surface area contributed by atoms with Crippen molar-refractivity contribution in [1.29, 1.82) is 0 Å². The second-order valence-electron chi connectivity index (χ2n) is 6.88. The summed E-state index contributed by atoms with van der Waals surface area (Å²) in [7, 11) is 0. The highest BCUT2D eigenvalue weighted by molar-refractivity contribution is 6.08. The average Bonchev–Trinajstić information content (AvgIpc) is 3.20. The molecule has 29 heavy (non-hydrogen) atoms. The Morgan fingerprint density at radius 2 is 1.69 bits per heavy atom. The first-order chi connectivity index (χ1) is 17.8. The molecular formula is C26H22N2O. The minimum Gasteiger partial charge on any atom is -0.437 e. The van der Waals surface area contributed by atoms with Gasteiger partial charge < -0.3 is 4.42 Å². The molecule has 5 aromatic rings. The molecule has 0 saturated heterocycles. The number of pyridine rings is 2. The number of hydrogen-bond donors (Lipinski definition) is 0. The van der Waals surface area contributed by atoms with Gasteiger partial charge in [0.2, 0.25) is 5.71 Å². The van der Waals surface area contributed by atoms with Crippen LogP contribution < -0.4 is 0 Å². The van der Waals surface area contributed by atoms with Crippen molar-refractivity contribution in [2.24, 2.45) is 0 Å². The second-order valence-corrected chi connectivity index (χ2v) is 6.88. The molecule has 0 radical (unpaired) electrons. The highest BCUT2D eigenvalue weighted by Gasteiger charge is 2.18. The van der Waals surface area contributed by atoms with E-state index in [1.165, 1.54) is 12.3 Å². The van der Waals surface area contributed by atoms with Gasteiger partial charge in [0, 0.05) is 40.4 Å². The topological polar surface area (TPSA) is 38.9 Å². The summed E-state index contributed by atoms with van der Waals surface area (Å²) in [5, 5.41) is 1.48. The summed E-state index contributed by atoms with van der Waals surface area (Å²) in [5.74, 6) is 0. The molecule has 142 valence electrons. The van der Waals surface area contributed by atoms with Crippen molar-refractivity contribution < 1.29 is 16.8 Å². The largest absolute Gasteiger partial charge is 0.437 e. The van der Waals surface area contributed by atoms with Crippen LogP contribution in [0.2, 0.25) is 0 Å². The summed E-state index contributed by atoms with van der Waals surface area (Å²) in [6, 6.07) is 21.0. The third-order valence-electron chi connectivity index (χ3n) is 4.90. The van der Waals surface area contributed by atoms with E-state index in [1.807, 2.05) is 48.5 Å².